The zero-order chi connectivity index (χ0) is 17.6. The molecule has 0 N–H and O–H groups in total. The van der Waals surface area contributed by atoms with E-state index in [9.17, 15) is 0 Å². The predicted octanol–water partition coefficient (Wildman–Crippen LogP) is 6.82. The molecule has 0 aromatic heterocycles. The molecule has 126 valence electrons. The lowest BCUT2D eigenvalue weighted by Crippen LogP contribution is -2.27. The monoisotopic (exact) mass is 446 g/mol. The molecule has 3 aromatic rings. The molecule has 2 aliphatic carbocycles. The van der Waals surface area contributed by atoms with Gasteiger partial charge in [-0.15, -0.1) is 0 Å². The first-order valence-electron chi connectivity index (χ1n) is 9.11. The smallest absolute Gasteiger partial charge is 0.0501 e. The molecular formula is C25H19I. The Bertz CT molecular complexity index is 1010. The topological polar surface area (TPSA) is 0 Å². The Labute approximate surface area is 168 Å². The maximum Gasteiger partial charge on any atom is 0.0501 e. The molecule has 0 unspecified atom stereocenters. The number of fused-ring (bicyclic) bond motifs is 7. The highest BCUT2D eigenvalue weighted by Gasteiger charge is 2.44. The quantitative estimate of drug-likeness (QED) is 0.333. The molecule has 1 spiro atoms. The van der Waals surface area contributed by atoms with Crippen LogP contribution in [-0.2, 0) is 11.8 Å². The van der Waals surface area contributed by atoms with Crippen molar-refractivity contribution in [2.24, 2.45) is 0 Å². The van der Waals surface area contributed by atoms with E-state index in [2.05, 4.69) is 114 Å². The largest absolute Gasteiger partial charge is 0.0791 e. The Balaban J connectivity index is 1.91. The van der Waals surface area contributed by atoms with Gasteiger partial charge in [-0.05, 0) is 68.8 Å². The normalized spacial score (nSPS) is 20.0. The number of allylic oxidation sites excluding steroid dienone is 4. The molecule has 0 saturated heterocycles. The van der Waals surface area contributed by atoms with Crippen molar-refractivity contribution in [3.05, 3.63) is 117 Å². The molecule has 26 heavy (non-hydrogen) atoms. The number of hydrogen-bond acceptors (Lipinski definition) is 0. The highest BCUT2D eigenvalue weighted by Crippen LogP contribution is 2.55. The van der Waals surface area contributed by atoms with Crippen LogP contribution in [0.3, 0.4) is 0 Å². The second kappa shape index (κ2) is 6.24. The molecule has 3 aromatic carbocycles. The van der Waals surface area contributed by atoms with Gasteiger partial charge in [0.1, 0.15) is 0 Å². The van der Waals surface area contributed by atoms with Gasteiger partial charge in [0.05, 0.1) is 5.41 Å². The van der Waals surface area contributed by atoms with E-state index in [0.717, 1.165) is 12.8 Å². The lowest BCUT2D eigenvalue weighted by Gasteiger charge is -2.33. The molecule has 0 heterocycles. The van der Waals surface area contributed by atoms with Gasteiger partial charge in [0.2, 0.25) is 0 Å². The molecule has 0 bridgehead atoms. The van der Waals surface area contributed by atoms with Crippen LogP contribution in [0, 0.1) is 0 Å². The summed E-state index contributed by atoms with van der Waals surface area (Å²) in [5.74, 6) is 0. The van der Waals surface area contributed by atoms with E-state index in [1.807, 2.05) is 0 Å². The van der Waals surface area contributed by atoms with E-state index in [0.29, 0.717) is 0 Å². The summed E-state index contributed by atoms with van der Waals surface area (Å²) in [6.45, 7) is 0. The summed E-state index contributed by atoms with van der Waals surface area (Å²) in [6, 6.07) is 26.9. The van der Waals surface area contributed by atoms with Crippen LogP contribution in [0.5, 0.6) is 0 Å². The van der Waals surface area contributed by atoms with Gasteiger partial charge in [0, 0.05) is 3.58 Å². The molecule has 0 amide bonds. The minimum Gasteiger partial charge on any atom is -0.0791 e. The van der Waals surface area contributed by atoms with Crippen LogP contribution in [0.2, 0.25) is 0 Å². The molecule has 0 nitrogen and oxygen atoms in total. The predicted molar refractivity (Wildman–Crippen MR) is 118 cm³/mol. The SMILES string of the molecule is IC1=C\CC2(c3ccccc3C/C=C\1)c1ccccc1-c1ccccc12. The Kier molecular flexibility index (Phi) is 3.86. The third-order valence-electron chi connectivity index (χ3n) is 5.76. The second-order valence-corrected chi connectivity index (χ2v) is 8.30. The van der Waals surface area contributed by atoms with E-state index in [1.54, 1.807) is 0 Å². The summed E-state index contributed by atoms with van der Waals surface area (Å²) >= 11 is 2.46. The molecule has 0 fully saturated rings. The van der Waals surface area contributed by atoms with Crippen molar-refractivity contribution >= 4 is 22.6 Å². The molecule has 0 aliphatic heterocycles. The van der Waals surface area contributed by atoms with Crippen molar-refractivity contribution in [1.29, 1.82) is 0 Å². The van der Waals surface area contributed by atoms with Crippen LogP contribution in [0.15, 0.2) is 94.6 Å². The van der Waals surface area contributed by atoms with Crippen molar-refractivity contribution in [1.82, 2.24) is 0 Å². The number of rotatable bonds is 0. The van der Waals surface area contributed by atoms with Crippen molar-refractivity contribution in [2.75, 3.05) is 0 Å². The van der Waals surface area contributed by atoms with Crippen LogP contribution in [0.25, 0.3) is 11.1 Å². The van der Waals surface area contributed by atoms with Gasteiger partial charge >= 0.3 is 0 Å². The molecule has 5 rings (SSSR count). The molecule has 1 heteroatoms. The average Bonchev–Trinajstić information content (AvgIpc) is 3.01. The lowest BCUT2D eigenvalue weighted by molar-refractivity contribution is 0.639. The van der Waals surface area contributed by atoms with E-state index in [1.165, 1.54) is 37.0 Å². The summed E-state index contributed by atoms with van der Waals surface area (Å²) in [7, 11) is 0. The average molecular weight is 446 g/mol. The van der Waals surface area contributed by atoms with Gasteiger partial charge in [-0.25, -0.2) is 0 Å². The minimum absolute atomic E-state index is 0.105. The van der Waals surface area contributed by atoms with Crippen molar-refractivity contribution in [3.63, 3.8) is 0 Å². The molecule has 2 aliphatic rings. The first kappa shape index (κ1) is 16.1. The molecule has 0 radical (unpaired) electrons. The van der Waals surface area contributed by atoms with Crippen LogP contribution in [0.4, 0.5) is 0 Å². The van der Waals surface area contributed by atoms with Gasteiger partial charge < -0.3 is 0 Å². The van der Waals surface area contributed by atoms with Crippen LogP contribution in [0.1, 0.15) is 28.7 Å². The van der Waals surface area contributed by atoms with Crippen LogP contribution < -0.4 is 0 Å². The fourth-order valence-electron chi connectivity index (χ4n) is 4.68. The fourth-order valence-corrected chi connectivity index (χ4v) is 5.15. The first-order chi connectivity index (χ1) is 12.8. The third kappa shape index (κ3) is 2.26. The van der Waals surface area contributed by atoms with Crippen LogP contribution >= 0.6 is 22.6 Å². The third-order valence-corrected chi connectivity index (χ3v) is 6.56. The lowest BCUT2D eigenvalue weighted by atomic mass is 9.68. The van der Waals surface area contributed by atoms with Crippen molar-refractivity contribution < 1.29 is 0 Å². The Morgan fingerprint density at radius 3 is 1.96 bits per heavy atom. The zero-order valence-electron chi connectivity index (χ0n) is 14.5. The molecule has 0 saturated carbocycles. The van der Waals surface area contributed by atoms with Gasteiger partial charge in [0.15, 0.2) is 0 Å². The van der Waals surface area contributed by atoms with Crippen LogP contribution in [-0.4, -0.2) is 0 Å². The molecule has 0 atom stereocenters. The van der Waals surface area contributed by atoms with E-state index >= 15 is 0 Å². The molecular weight excluding hydrogens is 427 g/mol. The summed E-state index contributed by atoms with van der Waals surface area (Å²) in [4.78, 5) is 0. The zero-order valence-corrected chi connectivity index (χ0v) is 16.6. The fraction of sp³-hybridized carbons (Fsp3) is 0.120. The Hall–Kier alpha value is -2.13. The first-order valence-corrected chi connectivity index (χ1v) is 10.2. The van der Waals surface area contributed by atoms with E-state index in [-0.39, 0.29) is 5.41 Å². The summed E-state index contributed by atoms with van der Waals surface area (Å²) < 4.78 is 1.32. The Morgan fingerprint density at radius 1 is 0.692 bits per heavy atom. The van der Waals surface area contributed by atoms with Gasteiger partial charge in [-0.1, -0.05) is 91.0 Å². The minimum atomic E-state index is -0.105. The van der Waals surface area contributed by atoms with Crippen molar-refractivity contribution in [2.45, 2.75) is 18.3 Å². The maximum absolute atomic E-state index is 2.46. The van der Waals surface area contributed by atoms with Gasteiger partial charge in [-0.3, -0.25) is 0 Å². The highest BCUT2D eigenvalue weighted by atomic mass is 127. The van der Waals surface area contributed by atoms with E-state index < -0.39 is 0 Å². The van der Waals surface area contributed by atoms with Gasteiger partial charge in [0.25, 0.3) is 0 Å². The highest BCUT2D eigenvalue weighted by molar-refractivity contribution is 14.1. The van der Waals surface area contributed by atoms with E-state index in [4.69, 9.17) is 0 Å². The summed E-state index contributed by atoms with van der Waals surface area (Å²) in [6.07, 6.45) is 8.91. The van der Waals surface area contributed by atoms with Crippen molar-refractivity contribution in [3.8, 4) is 11.1 Å². The second-order valence-electron chi connectivity index (χ2n) is 7.05. The number of benzene rings is 3. The standard InChI is InChI=1S/C25H19I/c26-19-10-7-9-18-8-1-4-13-22(18)25(17-16-19)23-14-5-2-11-20(23)21-12-3-6-15-24(21)25/h1-8,10-16H,9,17H2/b10-7-,19-16-. The summed E-state index contributed by atoms with van der Waals surface area (Å²) in [5.41, 5.74) is 8.42. The van der Waals surface area contributed by atoms with Gasteiger partial charge in [-0.2, -0.15) is 0 Å². The number of hydrogen-bond donors (Lipinski definition) is 0. The summed E-state index contributed by atoms with van der Waals surface area (Å²) in [5, 5.41) is 0. The maximum atomic E-state index is 2.46. The number of halogens is 1. The Morgan fingerprint density at radius 2 is 1.27 bits per heavy atom.